The number of carbonyl (C=O) groups is 2. The van der Waals surface area contributed by atoms with Crippen LogP contribution in [0, 0.1) is 0 Å². The van der Waals surface area contributed by atoms with Crippen molar-refractivity contribution >= 4 is 23.1 Å². The van der Waals surface area contributed by atoms with Crippen LogP contribution in [0.4, 0.5) is 11.4 Å². The average Bonchev–Trinajstić information content (AvgIpc) is 3.59. The average molecular weight is 450 g/mol. The lowest BCUT2D eigenvalue weighted by Gasteiger charge is -2.12. The summed E-state index contributed by atoms with van der Waals surface area (Å²) in [6, 6.07) is 3.82. The Labute approximate surface area is 192 Å². The number of ketones is 1. The van der Waals surface area contributed by atoms with E-state index in [9.17, 15) is 9.59 Å². The number of aromatic nitrogens is 5. The molecule has 3 aromatic rings. The van der Waals surface area contributed by atoms with Gasteiger partial charge in [0.15, 0.2) is 11.5 Å². The second kappa shape index (κ2) is 9.86. The number of nitrogens with zero attached hydrogens (tertiary/aromatic N) is 6. The number of rotatable bonds is 10. The maximum atomic E-state index is 13.5. The van der Waals surface area contributed by atoms with E-state index in [4.69, 9.17) is 9.72 Å². The Morgan fingerprint density at radius 2 is 1.94 bits per heavy atom. The molecule has 1 fully saturated rings. The molecule has 4 rings (SSSR count). The molecule has 0 bridgehead atoms. The minimum atomic E-state index is -0.256. The fourth-order valence-electron chi connectivity index (χ4n) is 3.45. The maximum Gasteiger partial charge on any atom is 0.274 e. The van der Waals surface area contributed by atoms with Crippen molar-refractivity contribution in [1.29, 1.82) is 0 Å². The van der Waals surface area contributed by atoms with Gasteiger partial charge in [0.05, 0.1) is 36.9 Å². The SMILES string of the molecule is COCCn1cc(CC(=O)c2nc(C3CC3)ccc2Nc2cncnc2)c(C(=O)N(C)C)n1. The van der Waals surface area contributed by atoms with Crippen molar-refractivity contribution in [3.63, 3.8) is 0 Å². The van der Waals surface area contributed by atoms with Crippen molar-refractivity contribution < 1.29 is 14.3 Å². The Balaban J connectivity index is 1.65. The van der Waals surface area contributed by atoms with Gasteiger partial charge in [0, 0.05) is 51.0 Å². The third-order valence-electron chi connectivity index (χ3n) is 5.34. The number of Topliss-reactive ketones (excluding diaryl/α,β-unsaturated/α-hetero) is 1. The van der Waals surface area contributed by atoms with E-state index in [0.717, 1.165) is 18.5 Å². The van der Waals surface area contributed by atoms with Gasteiger partial charge in [0.1, 0.15) is 12.0 Å². The summed E-state index contributed by atoms with van der Waals surface area (Å²) in [5.41, 5.74) is 3.29. The highest BCUT2D eigenvalue weighted by Gasteiger charge is 2.28. The third-order valence-corrected chi connectivity index (χ3v) is 5.34. The zero-order valence-electron chi connectivity index (χ0n) is 19.0. The summed E-state index contributed by atoms with van der Waals surface area (Å²) in [4.78, 5) is 40.3. The van der Waals surface area contributed by atoms with Gasteiger partial charge in [-0.1, -0.05) is 0 Å². The molecule has 3 heterocycles. The number of amides is 1. The van der Waals surface area contributed by atoms with Crippen molar-refractivity contribution in [2.24, 2.45) is 0 Å². The quantitative estimate of drug-likeness (QED) is 0.470. The molecular formula is C23H27N7O3. The van der Waals surface area contributed by atoms with Gasteiger partial charge in [-0.2, -0.15) is 5.10 Å². The molecule has 0 aliphatic heterocycles. The van der Waals surface area contributed by atoms with Crippen molar-refractivity contribution in [2.45, 2.75) is 31.7 Å². The zero-order valence-corrected chi connectivity index (χ0v) is 19.0. The number of nitrogens with one attached hydrogen (secondary N) is 1. The molecule has 33 heavy (non-hydrogen) atoms. The summed E-state index contributed by atoms with van der Waals surface area (Å²) >= 11 is 0. The number of anilines is 2. The Morgan fingerprint density at radius 3 is 2.61 bits per heavy atom. The normalized spacial score (nSPS) is 13.1. The molecule has 0 spiro atoms. The van der Waals surface area contributed by atoms with Crippen molar-refractivity contribution in [2.75, 3.05) is 33.1 Å². The summed E-state index contributed by atoms with van der Waals surface area (Å²) in [6.07, 6.45) is 8.59. The molecular weight excluding hydrogens is 422 g/mol. The highest BCUT2D eigenvalue weighted by Crippen LogP contribution is 2.39. The second-order valence-corrected chi connectivity index (χ2v) is 8.22. The predicted octanol–water partition coefficient (Wildman–Crippen LogP) is 2.46. The van der Waals surface area contributed by atoms with Crippen LogP contribution in [0.5, 0.6) is 0 Å². The van der Waals surface area contributed by atoms with Crippen LogP contribution in [0.1, 0.15) is 51.0 Å². The van der Waals surface area contributed by atoms with Gasteiger partial charge >= 0.3 is 0 Å². The van der Waals surface area contributed by atoms with Crippen LogP contribution < -0.4 is 5.32 Å². The number of methoxy groups -OCH3 is 1. The summed E-state index contributed by atoms with van der Waals surface area (Å²) in [5.74, 6) is -0.0577. The minimum Gasteiger partial charge on any atom is -0.383 e. The van der Waals surface area contributed by atoms with Gasteiger partial charge in [-0.25, -0.2) is 15.0 Å². The van der Waals surface area contributed by atoms with Crippen LogP contribution in [-0.4, -0.2) is 69.1 Å². The lowest BCUT2D eigenvalue weighted by Crippen LogP contribution is -2.24. The summed E-state index contributed by atoms with van der Waals surface area (Å²) in [5, 5.41) is 7.60. The fourth-order valence-corrected chi connectivity index (χ4v) is 3.45. The Bertz CT molecular complexity index is 1140. The molecule has 1 saturated carbocycles. The molecule has 0 saturated heterocycles. The first kappa shape index (κ1) is 22.5. The first-order valence-electron chi connectivity index (χ1n) is 10.8. The number of hydrogen-bond donors (Lipinski definition) is 1. The first-order chi connectivity index (χ1) is 16.0. The van der Waals surface area contributed by atoms with Gasteiger partial charge in [-0.3, -0.25) is 14.3 Å². The van der Waals surface area contributed by atoms with E-state index in [-0.39, 0.29) is 23.8 Å². The van der Waals surface area contributed by atoms with Crippen LogP contribution in [0.3, 0.4) is 0 Å². The molecule has 0 aromatic carbocycles. The van der Waals surface area contributed by atoms with Crippen LogP contribution in [0.25, 0.3) is 0 Å². The van der Waals surface area contributed by atoms with Crippen LogP contribution in [-0.2, 0) is 17.7 Å². The van der Waals surface area contributed by atoms with Gasteiger partial charge < -0.3 is 15.0 Å². The van der Waals surface area contributed by atoms with Crippen LogP contribution >= 0.6 is 0 Å². The van der Waals surface area contributed by atoms with E-state index >= 15 is 0 Å². The Morgan fingerprint density at radius 1 is 1.18 bits per heavy atom. The molecule has 0 unspecified atom stereocenters. The molecule has 172 valence electrons. The van der Waals surface area contributed by atoms with Gasteiger partial charge in [-0.05, 0) is 25.0 Å². The summed E-state index contributed by atoms with van der Waals surface area (Å²) in [6.45, 7) is 0.928. The second-order valence-electron chi connectivity index (χ2n) is 8.22. The van der Waals surface area contributed by atoms with Crippen LogP contribution in [0.2, 0.25) is 0 Å². The van der Waals surface area contributed by atoms with Crippen molar-refractivity contribution in [3.05, 3.63) is 59.7 Å². The lowest BCUT2D eigenvalue weighted by atomic mass is 10.0. The number of ether oxygens (including phenoxy) is 1. The van der Waals surface area contributed by atoms with Gasteiger partial charge in [-0.15, -0.1) is 0 Å². The van der Waals surface area contributed by atoms with Crippen LogP contribution in [0.15, 0.2) is 37.1 Å². The Kier molecular flexibility index (Phi) is 6.74. The molecule has 3 aromatic heterocycles. The van der Waals surface area contributed by atoms with E-state index < -0.39 is 0 Å². The van der Waals surface area contributed by atoms with E-state index in [2.05, 4.69) is 20.4 Å². The largest absolute Gasteiger partial charge is 0.383 e. The topological polar surface area (TPSA) is 115 Å². The third kappa shape index (κ3) is 5.40. The summed E-state index contributed by atoms with van der Waals surface area (Å²) in [7, 11) is 4.92. The smallest absolute Gasteiger partial charge is 0.274 e. The monoisotopic (exact) mass is 449 g/mol. The zero-order chi connectivity index (χ0) is 23.4. The first-order valence-corrected chi connectivity index (χ1v) is 10.8. The maximum absolute atomic E-state index is 13.5. The lowest BCUT2D eigenvalue weighted by molar-refractivity contribution is 0.0819. The van der Waals surface area contributed by atoms with E-state index in [1.165, 1.54) is 11.2 Å². The predicted molar refractivity (Wildman–Crippen MR) is 122 cm³/mol. The Hall–Kier alpha value is -3.66. The van der Waals surface area contributed by atoms with Gasteiger partial charge in [0.25, 0.3) is 5.91 Å². The molecule has 10 heteroatoms. The minimum absolute atomic E-state index is 0.00296. The molecule has 1 N–H and O–H groups in total. The van der Waals surface area contributed by atoms with Gasteiger partial charge in [0.2, 0.25) is 0 Å². The molecule has 10 nitrogen and oxygen atoms in total. The standard InChI is InChI=1S/C23H27N7O3/c1-29(2)23(32)21-16(13-30(28-21)8-9-33-3)10-20(31)22-19(26-17-11-24-14-25-12-17)7-6-18(27-22)15-4-5-15/h6-7,11-15,26H,4-5,8-10H2,1-3H3. The summed E-state index contributed by atoms with van der Waals surface area (Å²) < 4.78 is 6.75. The van der Waals surface area contributed by atoms with Crippen molar-refractivity contribution in [3.8, 4) is 0 Å². The van der Waals surface area contributed by atoms with Crippen molar-refractivity contribution in [1.82, 2.24) is 29.6 Å². The number of pyridine rings is 1. The number of hydrogen-bond acceptors (Lipinski definition) is 8. The van der Waals surface area contributed by atoms with E-state index in [1.807, 2.05) is 12.1 Å². The molecule has 0 radical (unpaired) electrons. The molecule has 1 aliphatic rings. The van der Waals surface area contributed by atoms with E-state index in [0.29, 0.717) is 41.7 Å². The molecule has 1 aliphatic carbocycles. The highest BCUT2D eigenvalue weighted by atomic mass is 16.5. The molecule has 0 atom stereocenters. The molecule has 1 amide bonds. The highest BCUT2D eigenvalue weighted by molar-refractivity contribution is 6.03. The fraction of sp³-hybridized carbons (Fsp3) is 0.391. The number of carbonyl (C=O) groups excluding carboxylic acids is 2. The van der Waals surface area contributed by atoms with E-state index in [1.54, 1.807) is 44.5 Å².